The molecule has 1 unspecified atom stereocenters. The number of nitrogens with one attached hydrogen (secondary N) is 2. The monoisotopic (exact) mass is 769 g/mol. The van der Waals surface area contributed by atoms with E-state index in [1.54, 1.807) is 137 Å². The molecular weight excluding hydrogens is 720 g/mol. The summed E-state index contributed by atoms with van der Waals surface area (Å²) >= 11 is 0. The molecule has 0 spiro atoms. The second kappa shape index (κ2) is 20.2. The van der Waals surface area contributed by atoms with E-state index in [2.05, 4.69) is 10.6 Å². The summed E-state index contributed by atoms with van der Waals surface area (Å²) in [6.07, 6.45) is -2.48. The molecule has 0 aromatic heterocycles. The Morgan fingerprint density at radius 2 is 0.964 bits per heavy atom. The molecule has 0 fully saturated rings. The van der Waals surface area contributed by atoms with Crippen molar-refractivity contribution in [3.05, 3.63) is 144 Å². The SMILES string of the molecule is CC(C)[C@H](NC(=O)OCc1ccccc1)C(=O)[C@H](Cc1ccccc1)C(=O)C(F)(F)[C@H](C(=O)[C@@H](NC(=O)OCc1ccccc1)C(C)C)C(N)c1ccccc1. The summed E-state index contributed by atoms with van der Waals surface area (Å²) in [5.41, 5.74) is 8.35. The third-order valence-electron chi connectivity index (χ3n) is 9.43. The van der Waals surface area contributed by atoms with Gasteiger partial charge < -0.3 is 25.8 Å². The highest BCUT2D eigenvalue weighted by molar-refractivity contribution is 6.10. The van der Waals surface area contributed by atoms with E-state index in [1.165, 1.54) is 12.1 Å². The first-order valence-corrected chi connectivity index (χ1v) is 18.5. The van der Waals surface area contributed by atoms with E-state index in [0.29, 0.717) is 16.7 Å². The Morgan fingerprint density at radius 3 is 1.38 bits per heavy atom. The Balaban J connectivity index is 1.69. The molecule has 0 saturated heterocycles. The zero-order chi connectivity index (χ0) is 40.8. The fraction of sp³-hybridized carbons (Fsp3) is 0.341. The van der Waals surface area contributed by atoms with Crippen molar-refractivity contribution in [1.82, 2.24) is 10.6 Å². The van der Waals surface area contributed by atoms with Crippen LogP contribution < -0.4 is 16.4 Å². The van der Waals surface area contributed by atoms with Crippen LogP contribution >= 0.6 is 0 Å². The number of hydrogen-bond acceptors (Lipinski definition) is 8. The van der Waals surface area contributed by atoms with E-state index in [9.17, 15) is 24.0 Å². The van der Waals surface area contributed by atoms with Crippen molar-refractivity contribution in [3.63, 3.8) is 0 Å². The fourth-order valence-corrected chi connectivity index (χ4v) is 6.33. The Morgan fingerprint density at radius 1 is 0.589 bits per heavy atom. The zero-order valence-corrected chi connectivity index (χ0v) is 31.9. The lowest BCUT2D eigenvalue weighted by atomic mass is 9.74. The highest BCUT2D eigenvalue weighted by atomic mass is 19.3. The maximum absolute atomic E-state index is 17.3. The predicted molar refractivity (Wildman–Crippen MR) is 207 cm³/mol. The van der Waals surface area contributed by atoms with Gasteiger partial charge in [0.15, 0.2) is 11.6 Å². The number of rotatable bonds is 19. The van der Waals surface area contributed by atoms with Crippen molar-refractivity contribution in [3.8, 4) is 0 Å². The number of amides is 2. The molecule has 0 saturated carbocycles. The molecule has 56 heavy (non-hydrogen) atoms. The maximum Gasteiger partial charge on any atom is 0.408 e. The number of nitrogens with two attached hydrogens (primary N) is 1. The molecule has 296 valence electrons. The second-order valence-corrected chi connectivity index (χ2v) is 14.3. The summed E-state index contributed by atoms with van der Waals surface area (Å²) < 4.78 is 45.2. The lowest BCUT2D eigenvalue weighted by Gasteiger charge is -2.35. The average Bonchev–Trinajstić information content (AvgIpc) is 3.20. The first-order valence-electron chi connectivity index (χ1n) is 18.5. The molecule has 5 atom stereocenters. The van der Waals surface area contributed by atoms with Crippen LogP contribution in [0.5, 0.6) is 0 Å². The van der Waals surface area contributed by atoms with Crippen LogP contribution in [-0.2, 0) is 43.5 Å². The van der Waals surface area contributed by atoms with Crippen molar-refractivity contribution in [2.24, 2.45) is 29.4 Å². The first-order chi connectivity index (χ1) is 26.7. The number of alkyl halides is 2. The molecule has 0 radical (unpaired) electrons. The minimum atomic E-state index is -4.56. The lowest BCUT2D eigenvalue weighted by molar-refractivity contribution is -0.166. The minimum absolute atomic E-state index is 0.123. The van der Waals surface area contributed by atoms with E-state index < -0.39 is 83.7 Å². The van der Waals surface area contributed by atoms with Gasteiger partial charge in [0.2, 0.25) is 5.78 Å². The average molecular weight is 770 g/mol. The summed E-state index contributed by atoms with van der Waals surface area (Å²) in [6, 6.07) is 28.5. The van der Waals surface area contributed by atoms with Crippen LogP contribution in [0, 0.1) is 23.7 Å². The lowest BCUT2D eigenvalue weighted by Crippen LogP contribution is -2.58. The van der Waals surface area contributed by atoms with E-state index in [-0.39, 0.29) is 18.8 Å². The van der Waals surface area contributed by atoms with Crippen molar-refractivity contribution in [2.45, 2.75) is 71.4 Å². The van der Waals surface area contributed by atoms with Crippen LogP contribution in [0.25, 0.3) is 0 Å². The Kier molecular flexibility index (Phi) is 15.5. The van der Waals surface area contributed by atoms with Gasteiger partial charge in [-0.25, -0.2) is 9.59 Å². The Bertz CT molecular complexity index is 1900. The van der Waals surface area contributed by atoms with Crippen LogP contribution in [0.1, 0.15) is 56.0 Å². The maximum atomic E-state index is 17.3. The van der Waals surface area contributed by atoms with Gasteiger partial charge in [0.05, 0.1) is 18.0 Å². The molecule has 0 aliphatic carbocycles. The third-order valence-corrected chi connectivity index (χ3v) is 9.43. The standard InChI is InChI=1S/C44H49F2N3O7/c1-28(2)37(48-42(53)55-26-31-19-11-6-12-20-31)39(50)34(25-30-17-9-5-10-18-30)41(52)44(45,46)35(36(47)33-23-15-8-16-24-33)40(51)38(29(3)4)49-43(54)56-27-32-21-13-7-14-22-32/h5-24,28-29,34-38H,25-27,47H2,1-4H3,(H,48,53)(H,49,54)/t34-,35-,36?,37-,38-/m0/s1. The molecule has 2 amide bonds. The number of ketones is 3. The summed E-state index contributed by atoms with van der Waals surface area (Å²) in [5.74, 6) is -14.6. The highest BCUT2D eigenvalue weighted by Gasteiger charge is 2.58. The van der Waals surface area contributed by atoms with Crippen LogP contribution in [0.15, 0.2) is 121 Å². The van der Waals surface area contributed by atoms with E-state index in [1.807, 2.05) is 0 Å². The van der Waals surface area contributed by atoms with Gasteiger partial charge in [-0.2, -0.15) is 8.78 Å². The van der Waals surface area contributed by atoms with Crippen molar-refractivity contribution >= 4 is 29.5 Å². The molecule has 12 heteroatoms. The number of carbonyl (C=O) groups excluding carboxylic acids is 5. The molecule has 4 N–H and O–H groups in total. The van der Waals surface area contributed by atoms with Gasteiger partial charge in [0.25, 0.3) is 0 Å². The molecule has 4 aromatic carbocycles. The topological polar surface area (TPSA) is 154 Å². The minimum Gasteiger partial charge on any atom is -0.445 e. The molecule has 4 rings (SSSR count). The summed E-state index contributed by atoms with van der Waals surface area (Å²) in [6.45, 7) is 6.00. The summed E-state index contributed by atoms with van der Waals surface area (Å²) in [5, 5.41) is 4.89. The first kappa shape index (κ1) is 43.0. The molecule has 0 heterocycles. The van der Waals surface area contributed by atoms with Gasteiger partial charge >= 0.3 is 18.1 Å². The number of carbonyl (C=O) groups is 5. The Hall–Kier alpha value is -5.75. The number of hydrogen-bond donors (Lipinski definition) is 3. The number of ether oxygens (including phenoxy) is 2. The van der Waals surface area contributed by atoms with E-state index in [0.717, 1.165) is 0 Å². The van der Waals surface area contributed by atoms with Gasteiger partial charge in [0.1, 0.15) is 19.1 Å². The number of benzene rings is 4. The summed E-state index contributed by atoms with van der Waals surface area (Å²) in [7, 11) is 0. The van der Waals surface area contributed by atoms with Crippen molar-refractivity contribution in [1.29, 1.82) is 0 Å². The number of halogens is 2. The molecular formula is C44H49F2N3O7. The van der Waals surface area contributed by atoms with Crippen LogP contribution in [0.2, 0.25) is 0 Å². The Labute approximate surface area is 326 Å². The van der Waals surface area contributed by atoms with Crippen molar-refractivity contribution in [2.75, 3.05) is 0 Å². The molecule has 0 bridgehead atoms. The van der Waals surface area contributed by atoms with Gasteiger partial charge in [-0.15, -0.1) is 0 Å². The normalized spacial score (nSPS) is 14.2. The summed E-state index contributed by atoms with van der Waals surface area (Å²) in [4.78, 5) is 69.2. The van der Waals surface area contributed by atoms with Gasteiger partial charge in [-0.1, -0.05) is 149 Å². The largest absolute Gasteiger partial charge is 0.445 e. The predicted octanol–water partition coefficient (Wildman–Crippen LogP) is 7.41. The van der Waals surface area contributed by atoms with Gasteiger partial charge in [0, 0.05) is 6.04 Å². The zero-order valence-electron chi connectivity index (χ0n) is 31.9. The molecule has 4 aromatic rings. The number of alkyl carbamates (subject to hydrolysis) is 2. The number of Topliss-reactive ketones (excluding diaryl/α,β-unsaturated/α-hetero) is 3. The fourth-order valence-electron chi connectivity index (χ4n) is 6.33. The highest BCUT2D eigenvalue weighted by Crippen LogP contribution is 2.39. The molecule has 0 aliphatic heterocycles. The van der Waals surface area contributed by atoms with E-state index in [4.69, 9.17) is 15.2 Å². The third kappa shape index (κ3) is 11.6. The van der Waals surface area contributed by atoms with E-state index >= 15 is 8.78 Å². The van der Waals surface area contributed by atoms with Crippen molar-refractivity contribution < 1.29 is 42.2 Å². The smallest absolute Gasteiger partial charge is 0.408 e. The van der Waals surface area contributed by atoms with Crippen LogP contribution in [-0.4, -0.2) is 47.5 Å². The van der Waals surface area contributed by atoms with Crippen LogP contribution in [0.4, 0.5) is 18.4 Å². The second-order valence-electron chi connectivity index (χ2n) is 14.3. The van der Waals surface area contributed by atoms with Gasteiger partial charge in [-0.3, -0.25) is 14.4 Å². The quantitative estimate of drug-likeness (QED) is 0.0834. The van der Waals surface area contributed by atoms with Gasteiger partial charge in [-0.05, 0) is 40.5 Å². The molecule has 10 nitrogen and oxygen atoms in total. The molecule has 0 aliphatic rings. The van der Waals surface area contributed by atoms with Crippen LogP contribution in [0.3, 0.4) is 0 Å².